The summed E-state index contributed by atoms with van der Waals surface area (Å²) in [6.07, 6.45) is 2.13. The van der Waals surface area contributed by atoms with Crippen molar-refractivity contribution in [3.05, 3.63) is 175 Å². The summed E-state index contributed by atoms with van der Waals surface area (Å²) >= 11 is 0. The highest BCUT2D eigenvalue weighted by molar-refractivity contribution is 5.97. The van der Waals surface area contributed by atoms with Crippen molar-refractivity contribution in [3.8, 4) is 22.3 Å². The molecule has 7 aromatic carbocycles. The number of hydrogen-bond acceptors (Lipinski definition) is 1. The summed E-state index contributed by atoms with van der Waals surface area (Å²) in [5.41, 5.74) is 14.1. The zero-order valence-corrected chi connectivity index (χ0v) is 23.0. The van der Waals surface area contributed by atoms with E-state index in [1.165, 1.54) is 43.8 Å². The number of benzene rings is 7. The molecule has 1 heterocycles. The van der Waals surface area contributed by atoms with Crippen LogP contribution in [0, 0.1) is 0 Å². The van der Waals surface area contributed by atoms with Gasteiger partial charge in [-0.3, -0.25) is 0 Å². The van der Waals surface area contributed by atoms with Crippen LogP contribution in [-0.2, 0) is 0 Å². The van der Waals surface area contributed by atoms with Gasteiger partial charge in [0.1, 0.15) is 0 Å². The van der Waals surface area contributed by atoms with Crippen LogP contribution < -0.4 is 4.90 Å². The monoisotopic (exact) mass is 533 g/mol. The van der Waals surface area contributed by atoms with Gasteiger partial charge in [0.15, 0.2) is 0 Å². The number of rotatable bonds is 4. The van der Waals surface area contributed by atoms with Crippen molar-refractivity contribution < 1.29 is 0 Å². The van der Waals surface area contributed by atoms with Gasteiger partial charge < -0.3 is 4.90 Å². The lowest BCUT2D eigenvalue weighted by atomic mass is 9.96. The normalized spacial score (nSPS) is 12.4. The summed E-state index contributed by atoms with van der Waals surface area (Å²) in [4.78, 5) is 2.33. The van der Waals surface area contributed by atoms with E-state index in [0.29, 0.717) is 0 Å². The van der Waals surface area contributed by atoms with Gasteiger partial charge in [0.05, 0.1) is 11.4 Å². The van der Waals surface area contributed by atoms with Gasteiger partial charge in [-0.25, -0.2) is 0 Å². The molecule has 1 heteroatoms. The number of hydrogen-bond donors (Lipinski definition) is 0. The van der Waals surface area contributed by atoms with Gasteiger partial charge in [0.2, 0.25) is 0 Å². The number of anilines is 2. The van der Waals surface area contributed by atoms with Crippen molar-refractivity contribution in [1.82, 2.24) is 0 Å². The lowest BCUT2D eigenvalue weighted by Gasteiger charge is -2.30. The van der Waals surface area contributed by atoms with E-state index in [0.717, 1.165) is 28.2 Å². The van der Waals surface area contributed by atoms with Gasteiger partial charge in [0.25, 0.3) is 0 Å². The van der Waals surface area contributed by atoms with Crippen molar-refractivity contribution in [2.24, 2.45) is 0 Å². The van der Waals surface area contributed by atoms with E-state index < -0.39 is 0 Å². The summed E-state index contributed by atoms with van der Waals surface area (Å²) in [6.45, 7) is 0. The second kappa shape index (κ2) is 10.1. The molecule has 0 atom stereocenters. The third kappa shape index (κ3) is 4.30. The minimum atomic E-state index is 1.04. The first-order valence-electron chi connectivity index (χ1n) is 14.3. The minimum absolute atomic E-state index is 1.04. The van der Waals surface area contributed by atoms with Gasteiger partial charge in [0, 0.05) is 16.8 Å². The maximum absolute atomic E-state index is 3.63. The fraction of sp³-hybridized carbons (Fsp3) is 0. The lowest BCUT2D eigenvalue weighted by molar-refractivity contribution is 1.28. The first-order valence-corrected chi connectivity index (χ1v) is 14.3. The first kappa shape index (κ1) is 24.2. The van der Waals surface area contributed by atoms with Crippen LogP contribution in [0.5, 0.6) is 0 Å². The zero-order chi connectivity index (χ0) is 27.9. The van der Waals surface area contributed by atoms with Crippen molar-refractivity contribution >= 4 is 44.7 Å². The fourth-order valence-corrected chi connectivity index (χ4v) is 6.00. The molecular formula is C41H27N. The highest BCUT2D eigenvalue weighted by Crippen LogP contribution is 2.41. The average Bonchev–Trinajstić information content (AvgIpc) is 3.07. The molecular weight excluding hydrogens is 506 g/mol. The Morgan fingerprint density at radius 3 is 1.57 bits per heavy atom. The highest BCUT2D eigenvalue weighted by atomic mass is 15.2. The van der Waals surface area contributed by atoms with Gasteiger partial charge in [-0.15, -0.1) is 0 Å². The molecule has 42 heavy (non-hydrogen) atoms. The Bertz CT molecular complexity index is 2160. The Hall–Kier alpha value is -5.62. The quantitative estimate of drug-likeness (QED) is 0.203. The molecule has 8 rings (SSSR count). The van der Waals surface area contributed by atoms with Crippen LogP contribution in [0.25, 0.3) is 55.6 Å². The lowest BCUT2D eigenvalue weighted by Crippen LogP contribution is -2.17. The molecule has 0 N–H and O–H groups in total. The second-order valence-corrected chi connectivity index (χ2v) is 10.8. The summed E-state index contributed by atoms with van der Waals surface area (Å²) in [6, 6.07) is 56.6. The van der Waals surface area contributed by atoms with Gasteiger partial charge >= 0.3 is 0 Å². The van der Waals surface area contributed by atoms with Crippen LogP contribution in [0.1, 0.15) is 11.1 Å². The molecule has 0 bridgehead atoms. The molecule has 7 aromatic rings. The molecule has 0 aliphatic carbocycles. The van der Waals surface area contributed by atoms with Crippen molar-refractivity contribution in [1.29, 1.82) is 0 Å². The molecule has 1 aliphatic heterocycles. The second-order valence-electron chi connectivity index (χ2n) is 10.8. The maximum Gasteiger partial charge on any atom is 0.0964 e. The van der Waals surface area contributed by atoms with Crippen LogP contribution in [0.15, 0.2) is 163 Å². The highest BCUT2D eigenvalue weighted by Gasteiger charge is 2.22. The Balaban J connectivity index is 1.21. The molecule has 0 saturated heterocycles. The average molecular weight is 534 g/mol. The molecule has 1 nitrogen and oxygen atoms in total. The van der Waals surface area contributed by atoms with Crippen LogP contribution >= 0.6 is 0 Å². The predicted molar refractivity (Wildman–Crippen MR) is 179 cm³/mol. The Labute approximate surface area is 245 Å². The third-order valence-corrected chi connectivity index (χ3v) is 8.19. The van der Waals surface area contributed by atoms with E-state index in [9.17, 15) is 0 Å². The van der Waals surface area contributed by atoms with Crippen molar-refractivity contribution in [3.63, 3.8) is 0 Å². The van der Waals surface area contributed by atoms with Crippen LogP contribution in [0.3, 0.4) is 0 Å². The maximum atomic E-state index is 3.63. The smallest absolute Gasteiger partial charge is 0.0964 e. The van der Waals surface area contributed by atoms with E-state index in [-0.39, 0.29) is 0 Å². The van der Waals surface area contributed by atoms with Crippen molar-refractivity contribution in [2.45, 2.75) is 0 Å². The molecule has 0 aromatic heterocycles. The van der Waals surface area contributed by atoms with E-state index in [1.807, 2.05) is 0 Å². The van der Waals surface area contributed by atoms with Crippen LogP contribution in [0.2, 0.25) is 0 Å². The van der Waals surface area contributed by atoms with Gasteiger partial charge in [-0.2, -0.15) is 0 Å². The van der Waals surface area contributed by atoms with Crippen LogP contribution in [0.4, 0.5) is 11.4 Å². The molecule has 0 amide bonds. The molecule has 0 unspecified atom stereocenters. The van der Waals surface area contributed by atoms with Crippen LogP contribution in [-0.4, -0.2) is 0 Å². The minimum Gasteiger partial charge on any atom is -0.303 e. The Morgan fingerprint density at radius 2 is 0.905 bits per heavy atom. The van der Waals surface area contributed by atoms with E-state index in [2.05, 4.69) is 174 Å². The summed E-state index contributed by atoms with van der Waals surface area (Å²) in [5.74, 6) is 0. The zero-order valence-electron chi connectivity index (χ0n) is 23.0. The van der Waals surface area contributed by atoms with Gasteiger partial charge in [-0.1, -0.05) is 127 Å². The molecule has 1 aliphatic rings. The molecule has 0 radical (unpaired) electrons. The number of fused-ring (bicyclic) bond motifs is 3. The fourth-order valence-electron chi connectivity index (χ4n) is 6.00. The molecule has 0 saturated carbocycles. The Kier molecular flexibility index (Phi) is 5.81. The van der Waals surface area contributed by atoms with E-state index in [4.69, 9.17) is 0 Å². The largest absolute Gasteiger partial charge is 0.303 e. The molecule has 0 spiro atoms. The van der Waals surface area contributed by atoms with E-state index in [1.54, 1.807) is 0 Å². The van der Waals surface area contributed by atoms with Gasteiger partial charge in [-0.05, 0) is 86.3 Å². The first-order chi connectivity index (χ1) is 20.8. The standard InChI is InChI=1S/C41H27N/c1-2-10-32(11-3-1)40-25-21-38-28-37(36-17-15-30-9-5-7-13-34(30)27-36)20-24-41(38)42(40)39-22-18-31(19-23-39)35-16-14-29-8-4-6-12-33(29)26-35/h1-24,26-28H. The topological polar surface area (TPSA) is 3.24 Å². The van der Waals surface area contributed by atoms with E-state index >= 15 is 0 Å². The summed E-state index contributed by atoms with van der Waals surface area (Å²) in [5, 5.41) is 5.02. The predicted octanol–water partition coefficient (Wildman–Crippen LogP) is 11.1. The third-order valence-electron chi connectivity index (χ3n) is 8.19. The molecule has 0 fully saturated rings. The SMILES string of the molecule is C1=Cc2cc(-c3ccc4ccccc4c3)ccc2N(c2ccc(-c3ccc4ccccc4c3)cc2)C=1c1ccccc1. The summed E-state index contributed by atoms with van der Waals surface area (Å²) in [7, 11) is 0. The number of nitrogens with zero attached hydrogens (tertiary/aromatic N) is 1. The summed E-state index contributed by atoms with van der Waals surface area (Å²) < 4.78 is 0. The molecule has 196 valence electrons. The Morgan fingerprint density at radius 1 is 0.381 bits per heavy atom. The van der Waals surface area contributed by atoms with Crippen molar-refractivity contribution in [2.75, 3.05) is 4.90 Å².